The van der Waals surface area contributed by atoms with Crippen molar-refractivity contribution in [2.75, 3.05) is 18.8 Å². The number of benzene rings is 1. The van der Waals surface area contributed by atoms with E-state index in [9.17, 15) is 0 Å². The monoisotopic (exact) mass is 181 g/mol. The molecule has 0 saturated heterocycles. The lowest BCUT2D eigenvalue weighted by molar-refractivity contribution is 0.174. The van der Waals surface area contributed by atoms with E-state index in [4.69, 9.17) is 14.6 Å². The smallest absolute Gasteiger partial charge is 0.231 e. The molecule has 1 aliphatic rings. The van der Waals surface area contributed by atoms with Gasteiger partial charge in [-0.3, -0.25) is 0 Å². The third kappa shape index (κ3) is 1.40. The first-order valence-corrected chi connectivity index (χ1v) is 4.06. The Morgan fingerprint density at radius 3 is 2.77 bits per heavy atom. The van der Waals surface area contributed by atoms with Gasteiger partial charge >= 0.3 is 0 Å². The normalized spacial score (nSPS) is 13.1. The summed E-state index contributed by atoms with van der Waals surface area (Å²) >= 11 is 0. The second kappa shape index (κ2) is 3.14. The Morgan fingerprint density at radius 1 is 1.38 bits per heavy atom. The third-order valence-corrected chi connectivity index (χ3v) is 1.99. The first-order valence-electron chi connectivity index (χ1n) is 4.06. The van der Waals surface area contributed by atoms with E-state index in [1.165, 1.54) is 0 Å². The Balaban J connectivity index is 2.37. The van der Waals surface area contributed by atoms with E-state index in [0.29, 0.717) is 0 Å². The maximum Gasteiger partial charge on any atom is 0.231 e. The van der Waals surface area contributed by atoms with Crippen molar-refractivity contribution in [3.63, 3.8) is 0 Å². The molecule has 0 bridgehead atoms. The van der Waals surface area contributed by atoms with Crippen LogP contribution in [0.3, 0.4) is 0 Å². The van der Waals surface area contributed by atoms with E-state index in [0.717, 1.165) is 22.7 Å². The molecule has 70 valence electrons. The van der Waals surface area contributed by atoms with Crippen LogP contribution in [-0.4, -0.2) is 18.6 Å². The molecule has 0 spiro atoms. The van der Waals surface area contributed by atoms with E-state index in [-0.39, 0.29) is 13.5 Å². The first kappa shape index (κ1) is 8.19. The number of rotatable bonds is 2. The number of anilines is 1. The van der Waals surface area contributed by atoms with Gasteiger partial charge in [-0.1, -0.05) is 0 Å². The minimum Gasteiger partial charge on any atom is -0.454 e. The Morgan fingerprint density at radius 2 is 2.08 bits per heavy atom. The van der Waals surface area contributed by atoms with E-state index in [2.05, 4.69) is 5.32 Å². The number of fused-ring (bicyclic) bond motifs is 1. The zero-order valence-electron chi connectivity index (χ0n) is 7.33. The van der Waals surface area contributed by atoms with Gasteiger partial charge in [0.1, 0.15) is 6.73 Å². The molecule has 1 heterocycles. The topological polar surface area (TPSA) is 50.7 Å². The highest BCUT2D eigenvalue weighted by atomic mass is 16.7. The number of nitrogens with one attached hydrogen (secondary N) is 1. The molecular weight excluding hydrogens is 170 g/mol. The van der Waals surface area contributed by atoms with Gasteiger partial charge in [0.25, 0.3) is 0 Å². The Labute approximate surface area is 76.1 Å². The predicted octanol–water partition coefficient (Wildman–Crippen LogP) is 1.09. The summed E-state index contributed by atoms with van der Waals surface area (Å²) in [5.41, 5.74) is 1.89. The highest BCUT2D eigenvalue weighted by molar-refractivity contribution is 5.60. The van der Waals surface area contributed by atoms with Crippen molar-refractivity contribution in [2.24, 2.45) is 0 Å². The van der Waals surface area contributed by atoms with Gasteiger partial charge in [-0.25, -0.2) is 0 Å². The lowest BCUT2D eigenvalue weighted by Gasteiger charge is -2.07. The van der Waals surface area contributed by atoms with Crippen LogP contribution < -0.4 is 14.8 Å². The van der Waals surface area contributed by atoms with Crippen molar-refractivity contribution in [1.29, 1.82) is 0 Å². The van der Waals surface area contributed by atoms with Gasteiger partial charge in [0.05, 0.1) is 0 Å². The first-order chi connectivity index (χ1) is 6.31. The fraction of sp³-hybridized carbons (Fsp3) is 0.333. The molecule has 0 aliphatic carbocycles. The molecule has 13 heavy (non-hydrogen) atoms. The van der Waals surface area contributed by atoms with Crippen molar-refractivity contribution in [3.8, 4) is 11.5 Å². The molecule has 0 unspecified atom stereocenters. The maximum absolute atomic E-state index is 8.71. The average molecular weight is 181 g/mol. The molecule has 1 aromatic carbocycles. The lowest BCUT2D eigenvalue weighted by Crippen LogP contribution is -2.00. The van der Waals surface area contributed by atoms with E-state index in [1.54, 1.807) is 0 Å². The van der Waals surface area contributed by atoms with Gasteiger partial charge in [-0.05, 0) is 18.6 Å². The summed E-state index contributed by atoms with van der Waals surface area (Å²) in [6.45, 7) is 2.14. The zero-order valence-corrected chi connectivity index (χ0v) is 7.33. The maximum atomic E-state index is 8.71. The largest absolute Gasteiger partial charge is 0.454 e. The summed E-state index contributed by atoms with van der Waals surface area (Å²) in [5, 5.41) is 11.5. The molecule has 4 heteroatoms. The van der Waals surface area contributed by atoms with Gasteiger partial charge in [0.2, 0.25) is 6.79 Å². The Kier molecular flexibility index (Phi) is 1.98. The number of aryl methyl sites for hydroxylation is 1. The van der Waals surface area contributed by atoms with E-state index >= 15 is 0 Å². The van der Waals surface area contributed by atoms with Gasteiger partial charge in [-0.2, -0.15) is 0 Å². The molecule has 2 rings (SSSR count). The summed E-state index contributed by atoms with van der Waals surface area (Å²) < 4.78 is 10.4. The molecule has 0 aromatic heterocycles. The van der Waals surface area contributed by atoms with Crippen LogP contribution in [0.25, 0.3) is 0 Å². The van der Waals surface area contributed by atoms with Crippen molar-refractivity contribution in [1.82, 2.24) is 0 Å². The summed E-state index contributed by atoms with van der Waals surface area (Å²) in [5.74, 6) is 1.49. The number of ether oxygens (including phenoxy) is 2. The fourth-order valence-electron chi connectivity index (χ4n) is 1.32. The average Bonchev–Trinajstić information content (AvgIpc) is 2.52. The summed E-state index contributed by atoms with van der Waals surface area (Å²) in [7, 11) is 0. The molecule has 0 atom stereocenters. The van der Waals surface area contributed by atoms with Crippen molar-refractivity contribution in [3.05, 3.63) is 17.7 Å². The van der Waals surface area contributed by atoms with Crippen LogP contribution in [-0.2, 0) is 0 Å². The molecule has 4 nitrogen and oxygen atoms in total. The van der Waals surface area contributed by atoms with E-state index in [1.807, 2.05) is 19.1 Å². The minimum absolute atomic E-state index is 0.0829. The molecule has 1 aromatic rings. The van der Waals surface area contributed by atoms with Crippen LogP contribution in [0.4, 0.5) is 5.69 Å². The van der Waals surface area contributed by atoms with Crippen molar-refractivity contribution < 1.29 is 14.6 Å². The van der Waals surface area contributed by atoms with Crippen molar-refractivity contribution in [2.45, 2.75) is 6.92 Å². The number of hydrogen-bond donors (Lipinski definition) is 2. The SMILES string of the molecule is Cc1cc2c(cc1NCO)OCO2. The summed E-state index contributed by atoms with van der Waals surface area (Å²) in [6.07, 6.45) is 0. The second-order valence-corrected chi connectivity index (χ2v) is 2.86. The molecule has 1 aliphatic heterocycles. The van der Waals surface area contributed by atoms with Crippen LogP contribution in [0.2, 0.25) is 0 Å². The molecule has 2 N–H and O–H groups in total. The van der Waals surface area contributed by atoms with Gasteiger partial charge in [-0.15, -0.1) is 0 Å². The molecule has 0 amide bonds. The summed E-state index contributed by atoms with van der Waals surface area (Å²) in [4.78, 5) is 0. The number of aliphatic hydroxyl groups excluding tert-OH is 1. The van der Waals surface area contributed by atoms with Crippen molar-refractivity contribution >= 4 is 5.69 Å². The molecular formula is C9H11NO3. The molecule has 0 saturated carbocycles. The number of aliphatic hydroxyl groups is 1. The second-order valence-electron chi connectivity index (χ2n) is 2.86. The van der Waals surface area contributed by atoms with Crippen LogP contribution in [0.15, 0.2) is 12.1 Å². The molecule has 0 radical (unpaired) electrons. The fourth-order valence-corrected chi connectivity index (χ4v) is 1.32. The molecule has 0 fully saturated rings. The Bertz CT molecular complexity index is 325. The quantitative estimate of drug-likeness (QED) is 0.670. The minimum atomic E-state index is -0.0829. The standard InChI is InChI=1S/C9H11NO3/c1-6-2-8-9(13-5-12-8)3-7(6)10-4-11/h2-3,10-11H,4-5H2,1H3. The van der Waals surface area contributed by atoms with Crippen LogP contribution in [0.1, 0.15) is 5.56 Å². The van der Waals surface area contributed by atoms with Gasteiger partial charge in [0.15, 0.2) is 11.5 Å². The number of hydrogen-bond acceptors (Lipinski definition) is 4. The van der Waals surface area contributed by atoms with Crippen LogP contribution >= 0.6 is 0 Å². The highest BCUT2D eigenvalue weighted by Gasteiger charge is 2.14. The van der Waals surface area contributed by atoms with Gasteiger partial charge < -0.3 is 19.9 Å². The van der Waals surface area contributed by atoms with Crippen LogP contribution in [0, 0.1) is 6.92 Å². The Hall–Kier alpha value is -1.42. The van der Waals surface area contributed by atoms with Crippen LogP contribution in [0.5, 0.6) is 11.5 Å². The predicted molar refractivity (Wildman–Crippen MR) is 48.0 cm³/mol. The third-order valence-electron chi connectivity index (χ3n) is 1.99. The zero-order chi connectivity index (χ0) is 9.26. The lowest BCUT2D eigenvalue weighted by atomic mass is 10.2. The van der Waals surface area contributed by atoms with Gasteiger partial charge in [0, 0.05) is 11.8 Å². The highest BCUT2D eigenvalue weighted by Crippen LogP contribution is 2.36. The summed E-state index contributed by atoms with van der Waals surface area (Å²) in [6, 6.07) is 3.72. The van der Waals surface area contributed by atoms with E-state index < -0.39 is 0 Å².